The highest BCUT2D eigenvalue weighted by molar-refractivity contribution is 7.45. The fourth-order valence-electron chi connectivity index (χ4n) is 1.36. The monoisotopic (exact) mass is 253 g/mol. The van der Waals surface area contributed by atoms with Crippen molar-refractivity contribution in [3.63, 3.8) is 0 Å². The van der Waals surface area contributed by atoms with Gasteiger partial charge in [0.05, 0.1) is 12.6 Å². The zero-order valence-electron chi connectivity index (χ0n) is 8.87. The zero-order chi connectivity index (χ0) is 12.3. The molecule has 0 aromatic carbocycles. The van der Waals surface area contributed by atoms with Gasteiger partial charge in [-0.05, 0) is 0 Å². The molecule has 9 heteroatoms. The Morgan fingerprint density at radius 1 is 1.56 bits per heavy atom. The van der Waals surface area contributed by atoms with Crippen LogP contribution in [0, 0.1) is 0 Å². The molecule has 92 valence electrons. The van der Waals surface area contributed by atoms with Gasteiger partial charge in [0.25, 0.3) is 7.82 Å². The molecule has 0 bridgehead atoms. The maximum absolute atomic E-state index is 13.5. The molecular weight excluding hydrogens is 241 g/mol. The molecule has 0 saturated carbocycles. The number of ether oxygens (including phenoxy) is 2. The summed E-state index contributed by atoms with van der Waals surface area (Å²) in [5, 5.41) is 0. The van der Waals surface area contributed by atoms with Gasteiger partial charge in [-0.15, -0.1) is 0 Å². The van der Waals surface area contributed by atoms with Gasteiger partial charge in [0.1, 0.15) is 26.2 Å². The predicted molar refractivity (Wildman–Crippen MR) is 50.7 cm³/mol. The molecular formula is C7H12BFO6P-. The van der Waals surface area contributed by atoms with Crippen LogP contribution in [0.3, 0.4) is 0 Å². The molecule has 0 N–H and O–H groups in total. The standard InChI is InChI=1S/C7H13BFO6P/c1-12-3-4-6(5(9)7(8)14-4)15-16(10,11)13-2/h4-7H,3H2,1-2H3,(H,10,11)/p-1/t4-,5-,6?,7-/m1/s1. The smallest absolute Gasteiger partial charge is 0.268 e. The first-order chi connectivity index (χ1) is 7.41. The van der Waals surface area contributed by atoms with E-state index in [4.69, 9.17) is 17.3 Å². The van der Waals surface area contributed by atoms with Crippen LogP contribution < -0.4 is 4.89 Å². The van der Waals surface area contributed by atoms with Crippen molar-refractivity contribution in [2.45, 2.75) is 24.4 Å². The van der Waals surface area contributed by atoms with E-state index in [1.165, 1.54) is 7.11 Å². The largest absolute Gasteiger partial charge is 0.756 e. The van der Waals surface area contributed by atoms with Gasteiger partial charge >= 0.3 is 0 Å². The molecule has 2 unspecified atom stereocenters. The molecule has 0 aromatic rings. The second-order valence-corrected chi connectivity index (χ2v) is 4.71. The van der Waals surface area contributed by atoms with Crippen molar-refractivity contribution in [3.8, 4) is 0 Å². The fourth-order valence-corrected chi connectivity index (χ4v) is 2.00. The van der Waals surface area contributed by atoms with Crippen molar-refractivity contribution >= 4 is 15.7 Å². The van der Waals surface area contributed by atoms with Gasteiger partial charge in [-0.3, -0.25) is 4.57 Å². The van der Waals surface area contributed by atoms with E-state index in [-0.39, 0.29) is 6.61 Å². The van der Waals surface area contributed by atoms with Gasteiger partial charge in [0, 0.05) is 14.2 Å². The number of hydrogen-bond donors (Lipinski definition) is 0. The van der Waals surface area contributed by atoms with Crippen LogP contribution in [0.2, 0.25) is 0 Å². The molecule has 5 atom stereocenters. The molecule has 0 aromatic heterocycles. The lowest BCUT2D eigenvalue weighted by molar-refractivity contribution is -0.230. The number of hydrogen-bond acceptors (Lipinski definition) is 6. The normalized spacial score (nSPS) is 38.5. The number of halogens is 1. The highest BCUT2D eigenvalue weighted by atomic mass is 31.2. The summed E-state index contributed by atoms with van der Waals surface area (Å²) in [6.07, 6.45) is -3.98. The van der Waals surface area contributed by atoms with Crippen molar-refractivity contribution in [1.82, 2.24) is 0 Å². The number of phosphoric ester groups is 1. The fraction of sp³-hybridized carbons (Fsp3) is 1.00. The van der Waals surface area contributed by atoms with E-state index in [9.17, 15) is 13.8 Å². The number of rotatable bonds is 5. The molecule has 1 fully saturated rings. The third kappa shape index (κ3) is 3.26. The molecule has 1 rings (SSSR count). The van der Waals surface area contributed by atoms with E-state index in [0.717, 1.165) is 7.11 Å². The Bertz CT molecular complexity index is 280. The van der Waals surface area contributed by atoms with Gasteiger partial charge < -0.3 is 23.4 Å². The van der Waals surface area contributed by atoms with E-state index in [0.29, 0.717) is 0 Å². The van der Waals surface area contributed by atoms with Gasteiger partial charge in [-0.1, -0.05) is 0 Å². The van der Waals surface area contributed by atoms with E-state index in [1.54, 1.807) is 0 Å². The molecule has 6 nitrogen and oxygen atoms in total. The first-order valence-electron chi connectivity index (χ1n) is 4.50. The summed E-state index contributed by atoms with van der Waals surface area (Å²) in [4.78, 5) is 11.0. The van der Waals surface area contributed by atoms with Crippen LogP contribution in [-0.4, -0.2) is 53.1 Å². The Morgan fingerprint density at radius 3 is 2.69 bits per heavy atom. The van der Waals surface area contributed by atoms with Crippen LogP contribution >= 0.6 is 7.82 Å². The molecule has 0 amide bonds. The summed E-state index contributed by atoms with van der Waals surface area (Å²) < 4.78 is 42.8. The van der Waals surface area contributed by atoms with E-state index < -0.39 is 32.2 Å². The molecule has 0 spiro atoms. The Hall–Kier alpha value is 0.0249. The van der Waals surface area contributed by atoms with Crippen LogP contribution in [0.15, 0.2) is 0 Å². The second kappa shape index (κ2) is 5.57. The van der Waals surface area contributed by atoms with Crippen molar-refractivity contribution in [2.75, 3.05) is 20.8 Å². The highest BCUT2D eigenvalue weighted by Gasteiger charge is 2.45. The number of phosphoric acid groups is 1. The third-order valence-electron chi connectivity index (χ3n) is 2.13. The van der Waals surface area contributed by atoms with Crippen molar-refractivity contribution in [3.05, 3.63) is 0 Å². The van der Waals surface area contributed by atoms with Crippen molar-refractivity contribution in [1.29, 1.82) is 0 Å². The van der Waals surface area contributed by atoms with Crippen molar-refractivity contribution < 1.29 is 32.4 Å². The SMILES string of the molecule is [B][C@@H]1O[C@H](COC)C(OP(=O)([O-])OC)[C@H]1F. The average molecular weight is 253 g/mol. The Labute approximate surface area is 94.0 Å². The lowest BCUT2D eigenvalue weighted by Gasteiger charge is -2.27. The molecule has 1 aliphatic heterocycles. The van der Waals surface area contributed by atoms with Crippen LogP contribution in [-0.2, 0) is 23.1 Å². The maximum Gasteiger partial charge on any atom is 0.268 e. The molecule has 16 heavy (non-hydrogen) atoms. The summed E-state index contributed by atoms with van der Waals surface area (Å²) in [6.45, 7) is -0.0253. The minimum Gasteiger partial charge on any atom is -0.756 e. The minimum atomic E-state index is -4.53. The van der Waals surface area contributed by atoms with Gasteiger partial charge in [-0.2, -0.15) is 0 Å². The Kier molecular flexibility index (Phi) is 4.91. The molecule has 2 radical (unpaired) electrons. The molecule has 1 heterocycles. The Morgan fingerprint density at radius 2 is 2.19 bits per heavy atom. The van der Waals surface area contributed by atoms with Crippen LogP contribution in [0.4, 0.5) is 4.39 Å². The van der Waals surface area contributed by atoms with Crippen molar-refractivity contribution in [2.24, 2.45) is 0 Å². The van der Waals surface area contributed by atoms with Gasteiger partial charge in [0.2, 0.25) is 0 Å². The topological polar surface area (TPSA) is 77.1 Å². The molecule has 0 aliphatic carbocycles. The summed E-state index contributed by atoms with van der Waals surface area (Å²) in [6, 6.07) is -1.23. The minimum absolute atomic E-state index is 0.0253. The summed E-state index contributed by atoms with van der Waals surface area (Å²) in [7, 11) is 3.04. The van der Waals surface area contributed by atoms with E-state index >= 15 is 0 Å². The first kappa shape index (κ1) is 14.1. The van der Waals surface area contributed by atoms with Gasteiger partial charge in [0.15, 0.2) is 0 Å². The first-order valence-corrected chi connectivity index (χ1v) is 5.96. The summed E-state index contributed by atoms with van der Waals surface area (Å²) >= 11 is 0. The van der Waals surface area contributed by atoms with Crippen LogP contribution in [0.1, 0.15) is 0 Å². The zero-order valence-corrected chi connectivity index (χ0v) is 9.76. The average Bonchev–Trinajstić information content (AvgIpc) is 2.47. The summed E-state index contributed by atoms with van der Waals surface area (Å²) in [5.41, 5.74) is 0. The van der Waals surface area contributed by atoms with Crippen LogP contribution in [0.5, 0.6) is 0 Å². The lowest BCUT2D eigenvalue weighted by atomic mass is 9.94. The second-order valence-electron chi connectivity index (χ2n) is 3.24. The quantitative estimate of drug-likeness (QED) is 0.479. The number of methoxy groups -OCH3 is 1. The molecule has 1 aliphatic rings. The lowest BCUT2D eigenvalue weighted by Crippen LogP contribution is -2.35. The third-order valence-corrected chi connectivity index (χ3v) is 3.08. The molecule has 1 saturated heterocycles. The van der Waals surface area contributed by atoms with Gasteiger partial charge in [-0.25, -0.2) is 4.39 Å². The van der Waals surface area contributed by atoms with Crippen LogP contribution in [0.25, 0.3) is 0 Å². The highest BCUT2D eigenvalue weighted by Crippen LogP contribution is 2.42. The Balaban J connectivity index is 2.70. The van der Waals surface area contributed by atoms with E-state index in [1.807, 2.05) is 0 Å². The van der Waals surface area contributed by atoms with E-state index in [2.05, 4.69) is 9.05 Å². The maximum atomic E-state index is 13.5. The predicted octanol–water partition coefficient (Wildman–Crippen LogP) is -0.636. The summed E-state index contributed by atoms with van der Waals surface area (Å²) in [5.74, 6) is 0. The number of alkyl halides is 1.